The van der Waals surface area contributed by atoms with Gasteiger partial charge < -0.3 is 9.47 Å². The summed E-state index contributed by atoms with van der Waals surface area (Å²) in [6, 6.07) is 0. The minimum Gasteiger partial charge on any atom is -0.466 e. The van der Waals surface area contributed by atoms with Gasteiger partial charge in [0.1, 0.15) is 0 Å². The SMILES string of the molecule is CC(C)=CCCC(C)CCOC(=O)CCC(=O)OCCC(C)CCC=C(C)C. The summed E-state index contributed by atoms with van der Waals surface area (Å²) in [6.45, 7) is 13.6. The maximum absolute atomic E-state index is 11.7. The van der Waals surface area contributed by atoms with Gasteiger partial charge in [-0.15, -0.1) is 0 Å². The maximum Gasteiger partial charge on any atom is 0.306 e. The number of allylic oxidation sites excluding steroid dienone is 4. The van der Waals surface area contributed by atoms with Gasteiger partial charge in [0, 0.05) is 0 Å². The lowest BCUT2D eigenvalue weighted by atomic mass is 10.0. The first kappa shape index (κ1) is 26.4. The van der Waals surface area contributed by atoms with Crippen LogP contribution < -0.4 is 0 Å². The van der Waals surface area contributed by atoms with Crippen molar-refractivity contribution in [2.45, 2.75) is 92.9 Å². The monoisotopic (exact) mass is 394 g/mol. The molecule has 162 valence electrons. The van der Waals surface area contributed by atoms with E-state index in [4.69, 9.17) is 9.47 Å². The second kappa shape index (κ2) is 16.4. The Bertz CT molecular complexity index is 451. The second-order valence-electron chi connectivity index (χ2n) is 8.45. The van der Waals surface area contributed by atoms with Crippen molar-refractivity contribution in [1.82, 2.24) is 0 Å². The third-order valence-corrected chi connectivity index (χ3v) is 4.70. The Labute approximate surface area is 172 Å². The molecule has 0 aliphatic heterocycles. The van der Waals surface area contributed by atoms with E-state index in [0.29, 0.717) is 25.0 Å². The van der Waals surface area contributed by atoms with Crippen molar-refractivity contribution in [2.24, 2.45) is 11.8 Å². The van der Waals surface area contributed by atoms with Crippen LogP contribution in [0.4, 0.5) is 0 Å². The van der Waals surface area contributed by atoms with Gasteiger partial charge in [0.2, 0.25) is 0 Å². The molecule has 0 amide bonds. The van der Waals surface area contributed by atoms with Crippen LogP contribution in [0.5, 0.6) is 0 Å². The summed E-state index contributed by atoms with van der Waals surface area (Å²) in [5.41, 5.74) is 2.67. The van der Waals surface area contributed by atoms with E-state index in [9.17, 15) is 9.59 Å². The molecule has 0 aromatic carbocycles. The Morgan fingerprint density at radius 1 is 0.679 bits per heavy atom. The molecule has 0 saturated carbocycles. The Balaban J connectivity index is 3.71. The van der Waals surface area contributed by atoms with Gasteiger partial charge in [-0.25, -0.2) is 0 Å². The zero-order chi connectivity index (χ0) is 21.4. The van der Waals surface area contributed by atoms with Crippen LogP contribution >= 0.6 is 0 Å². The lowest BCUT2D eigenvalue weighted by Crippen LogP contribution is -2.13. The summed E-state index contributed by atoms with van der Waals surface area (Å²) in [5.74, 6) is 0.409. The van der Waals surface area contributed by atoms with Crippen LogP contribution in [0.1, 0.15) is 92.9 Å². The molecule has 0 rings (SSSR count). The molecule has 0 bridgehead atoms. The van der Waals surface area contributed by atoms with Gasteiger partial charge in [0.25, 0.3) is 0 Å². The molecule has 2 atom stereocenters. The standard InChI is InChI=1S/C24H42O4/c1-19(2)9-7-11-21(5)15-17-27-23(25)13-14-24(26)28-18-16-22(6)12-8-10-20(3)4/h9-10,21-22H,7-8,11-18H2,1-6H3. The maximum atomic E-state index is 11.7. The molecule has 0 saturated heterocycles. The molecule has 0 heterocycles. The average molecular weight is 395 g/mol. The van der Waals surface area contributed by atoms with Gasteiger partial charge in [0.05, 0.1) is 26.1 Å². The molecule has 4 heteroatoms. The number of carbonyl (C=O) groups excluding carboxylic acids is 2. The Kier molecular flexibility index (Phi) is 15.5. The van der Waals surface area contributed by atoms with E-state index in [1.54, 1.807) is 0 Å². The van der Waals surface area contributed by atoms with Gasteiger partial charge in [-0.05, 0) is 78.1 Å². The first-order chi connectivity index (χ1) is 13.2. The molecule has 0 spiro atoms. The van der Waals surface area contributed by atoms with Crippen molar-refractivity contribution < 1.29 is 19.1 Å². The largest absolute Gasteiger partial charge is 0.466 e. The highest BCUT2D eigenvalue weighted by Gasteiger charge is 2.11. The fourth-order valence-corrected chi connectivity index (χ4v) is 2.70. The highest BCUT2D eigenvalue weighted by Crippen LogP contribution is 2.13. The summed E-state index contributed by atoms with van der Waals surface area (Å²) in [5, 5.41) is 0. The Morgan fingerprint density at radius 2 is 1.04 bits per heavy atom. The first-order valence-electron chi connectivity index (χ1n) is 10.8. The third-order valence-electron chi connectivity index (χ3n) is 4.70. The van der Waals surface area contributed by atoms with Crippen molar-refractivity contribution >= 4 is 11.9 Å². The minimum absolute atomic E-state index is 0.0983. The van der Waals surface area contributed by atoms with E-state index >= 15 is 0 Å². The lowest BCUT2D eigenvalue weighted by Gasteiger charge is -2.11. The summed E-state index contributed by atoms with van der Waals surface area (Å²) in [4.78, 5) is 23.5. The zero-order valence-electron chi connectivity index (χ0n) is 19.0. The van der Waals surface area contributed by atoms with Gasteiger partial charge in [-0.3, -0.25) is 9.59 Å². The summed E-state index contributed by atoms with van der Waals surface area (Å²) >= 11 is 0. The summed E-state index contributed by atoms with van der Waals surface area (Å²) < 4.78 is 10.5. The smallest absolute Gasteiger partial charge is 0.306 e. The van der Waals surface area contributed by atoms with Crippen molar-refractivity contribution in [3.05, 3.63) is 23.3 Å². The molecule has 28 heavy (non-hydrogen) atoms. The van der Waals surface area contributed by atoms with Crippen molar-refractivity contribution in [3.8, 4) is 0 Å². The molecule has 0 aromatic heterocycles. The predicted molar refractivity (Wildman–Crippen MR) is 116 cm³/mol. The molecule has 0 fully saturated rings. The van der Waals surface area contributed by atoms with Gasteiger partial charge in [-0.2, -0.15) is 0 Å². The third kappa shape index (κ3) is 17.8. The molecular formula is C24H42O4. The second-order valence-corrected chi connectivity index (χ2v) is 8.45. The molecular weight excluding hydrogens is 352 g/mol. The minimum atomic E-state index is -0.316. The van der Waals surface area contributed by atoms with Gasteiger partial charge in [-0.1, -0.05) is 37.1 Å². The average Bonchev–Trinajstić information content (AvgIpc) is 2.59. The highest BCUT2D eigenvalue weighted by atomic mass is 16.5. The van der Waals surface area contributed by atoms with Crippen LogP contribution in [0.2, 0.25) is 0 Å². The van der Waals surface area contributed by atoms with Crippen LogP contribution in [0, 0.1) is 11.8 Å². The summed E-state index contributed by atoms with van der Waals surface area (Å²) in [6.07, 6.45) is 10.7. The number of rotatable bonds is 15. The number of esters is 2. The first-order valence-corrected chi connectivity index (χ1v) is 10.8. The van der Waals surface area contributed by atoms with E-state index in [0.717, 1.165) is 38.5 Å². The molecule has 0 radical (unpaired) electrons. The van der Waals surface area contributed by atoms with Crippen LogP contribution in [0.15, 0.2) is 23.3 Å². The molecule has 4 nitrogen and oxygen atoms in total. The van der Waals surface area contributed by atoms with Crippen LogP contribution in [-0.4, -0.2) is 25.2 Å². The van der Waals surface area contributed by atoms with Crippen LogP contribution in [-0.2, 0) is 19.1 Å². The number of hydrogen-bond donors (Lipinski definition) is 0. The van der Waals surface area contributed by atoms with Gasteiger partial charge >= 0.3 is 11.9 Å². The van der Waals surface area contributed by atoms with Crippen molar-refractivity contribution in [2.75, 3.05) is 13.2 Å². The summed E-state index contributed by atoms with van der Waals surface area (Å²) in [7, 11) is 0. The van der Waals surface area contributed by atoms with E-state index in [-0.39, 0.29) is 24.8 Å². The Hall–Kier alpha value is -1.58. The van der Waals surface area contributed by atoms with E-state index in [1.807, 2.05) is 0 Å². The molecule has 0 N–H and O–H groups in total. The molecule has 2 unspecified atom stereocenters. The van der Waals surface area contributed by atoms with Crippen LogP contribution in [0.3, 0.4) is 0 Å². The zero-order valence-corrected chi connectivity index (χ0v) is 19.0. The van der Waals surface area contributed by atoms with E-state index in [1.165, 1.54) is 11.1 Å². The normalized spacial score (nSPS) is 12.6. The van der Waals surface area contributed by atoms with Crippen molar-refractivity contribution in [1.29, 1.82) is 0 Å². The van der Waals surface area contributed by atoms with Gasteiger partial charge in [0.15, 0.2) is 0 Å². The number of ether oxygens (including phenoxy) is 2. The van der Waals surface area contributed by atoms with E-state index in [2.05, 4.69) is 53.7 Å². The lowest BCUT2D eigenvalue weighted by molar-refractivity contribution is -0.150. The number of hydrogen-bond acceptors (Lipinski definition) is 4. The molecule has 0 aliphatic carbocycles. The molecule has 0 aromatic rings. The fourth-order valence-electron chi connectivity index (χ4n) is 2.70. The van der Waals surface area contributed by atoms with E-state index < -0.39 is 0 Å². The van der Waals surface area contributed by atoms with Crippen LogP contribution in [0.25, 0.3) is 0 Å². The highest BCUT2D eigenvalue weighted by molar-refractivity contribution is 5.77. The predicted octanol–water partition coefficient (Wildman–Crippen LogP) is 6.40. The Morgan fingerprint density at radius 3 is 1.36 bits per heavy atom. The topological polar surface area (TPSA) is 52.6 Å². The quantitative estimate of drug-likeness (QED) is 0.238. The fraction of sp³-hybridized carbons (Fsp3) is 0.750. The van der Waals surface area contributed by atoms with Crippen molar-refractivity contribution in [3.63, 3.8) is 0 Å². The number of carbonyl (C=O) groups is 2. The molecule has 0 aliphatic rings.